The van der Waals surface area contributed by atoms with Crippen LogP contribution >= 0.6 is 11.3 Å². The molecule has 1 atom stereocenters. The van der Waals surface area contributed by atoms with Crippen molar-refractivity contribution in [1.29, 1.82) is 0 Å². The summed E-state index contributed by atoms with van der Waals surface area (Å²) in [4.78, 5) is 11.7. The standard InChI is InChI=1S/C18H17F3N4O4S2.C2H6/c1-11(10-29-14-5-3-2-4-12(14)17(22)26)24-31(27,28)16-7-6-15(30-16)13-8-9-25(23-13)18(19,20)21;1-2/h2-9,11,24H,10H2,1H3,(H2,22,26);1-2H3/t11-;/m0./s1. The van der Waals surface area contributed by atoms with E-state index in [1.807, 2.05) is 13.8 Å². The zero-order valence-electron chi connectivity index (χ0n) is 18.0. The number of carbonyl (C=O) groups is 1. The molecule has 0 aliphatic carbocycles. The number of para-hydroxylation sites is 1. The lowest BCUT2D eigenvalue weighted by Crippen LogP contribution is -2.36. The maximum atomic E-state index is 12.7. The predicted molar refractivity (Wildman–Crippen MR) is 118 cm³/mol. The fourth-order valence-corrected chi connectivity index (χ4v) is 5.08. The zero-order valence-corrected chi connectivity index (χ0v) is 19.6. The molecular weight excluding hydrogens is 481 g/mol. The summed E-state index contributed by atoms with van der Waals surface area (Å²) < 4.78 is 70.9. The largest absolute Gasteiger partial charge is 0.504 e. The van der Waals surface area contributed by atoms with Crippen molar-refractivity contribution in [2.24, 2.45) is 5.73 Å². The molecule has 0 spiro atoms. The monoisotopic (exact) mass is 504 g/mol. The van der Waals surface area contributed by atoms with Crippen molar-refractivity contribution in [2.75, 3.05) is 6.61 Å². The second-order valence-corrected chi connectivity index (χ2v) is 9.45. The number of sulfonamides is 1. The lowest BCUT2D eigenvalue weighted by atomic mass is 10.2. The molecule has 0 aliphatic heterocycles. The number of hydrogen-bond acceptors (Lipinski definition) is 6. The van der Waals surface area contributed by atoms with Crippen LogP contribution in [0.1, 0.15) is 31.1 Å². The summed E-state index contributed by atoms with van der Waals surface area (Å²) in [5.41, 5.74) is 5.44. The van der Waals surface area contributed by atoms with Gasteiger partial charge in [0.25, 0.3) is 5.91 Å². The molecule has 180 valence electrons. The number of amides is 1. The highest BCUT2D eigenvalue weighted by Gasteiger charge is 2.32. The molecule has 0 saturated heterocycles. The van der Waals surface area contributed by atoms with Gasteiger partial charge in [0.05, 0.1) is 16.5 Å². The first-order valence-corrected chi connectivity index (χ1v) is 12.0. The fraction of sp³-hybridized carbons (Fsp3) is 0.300. The smallest absolute Gasteiger partial charge is 0.491 e. The maximum absolute atomic E-state index is 12.7. The van der Waals surface area contributed by atoms with Gasteiger partial charge in [-0.2, -0.15) is 9.78 Å². The Bertz CT molecular complexity index is 1190. The van der Waals surface area contributed by atoms with Gasteiger partial charge in [0, 0.05) is 6.20 Å². The Morgan fingerprint density at radius 2 is 1.88 bits per heavy atom. The highest BCUT2D eigenvalue weighted by atomic mass is 32.2. The molecule has 8 nitrogen and oxygen atoms in total. The number of primary amides is 1. The summed E-state index contributed by atoms with van der Waals surface area (Å²) in [6, 6.07) is 9.41. The third kappa shape index (κ3) is 6.79. The lowest BCUT2D eigenvalue weighted by Gasteiger charge is -2.15. The lowest BCUT2D eigenvalue weighted by molar-refractivity contribution is -0.212. The number of thiophene rings is 1. The SMILES string of the molecule is CC.C[C@@H](COc1ccccc1C(N)=O)NS(=O)(=O)c1ccc(-c2ccn(C(F)(F)F)n2)s1. The van der Waals surface area contributed by atoms with E-state index < -0.39 is 28.3 Å². The summed E-state index contributed by atoms with van der Waals surface area (Å²) in [5, 5.41) is 3.42. The number of alkyl halides is 3. The second kappa shape index (κ2) is 10.8. The summed E-state index contributed by atoms with van der Waals surface area (Å²) in [7, 11) is -3.96. The van der Waals surface area contributed by atoms with Crippen LogP contribution in [-0.2, 0) is 16.3 Å². The number of nitrogens with one attached hydrogen (secondary N) is 1. The van der Waals surface area contributed by atoms with Crippen molar-refractivity contribution in [3.05, 3.63) is 54.2 Å². The molecule has 33 heavy (non-hydrogen) atoms. The van der Waals surface area contributed by atoms with Crippen molar-refractivity contribution in [1.82, 2.24) is 14.5 Å². The minimum absolute atomic E-state index is 0.00298. The predicted octanol–water partition coefficient (Wildman–Crippen LogP) is 3.96. The Morgan fingerprint density at radius 1 is 1.21 bits per heavy atom. The highest BCUT2D eigenvalue weighted by Crippen LogP contribution is 2.31. The van der Waals surface area contributed by atoms with Gasteiger partial charge in [0.15, 0.2) is 0 Å². The molecule has 2 aromatic heterocycles. The quantitative estimate of drug-likeness (QED) is 0.482. The molecule has 0 unspecified atom stereocenters. The van der Waals surface area contributed by atoms with Crippen LogP contribution in [0.2, 0.25) is 0 Å². The van der Waals surface area contributed by atoms with Gasteiger partial charge in [-0.25, -0.2) is 13.1 Å². The van der Waals surface area contributed by atoms with Crippen LogP contribution in [0.5, 0.6) is 5.75 Å². The molecule has 2 heterocycles. The van der Waals surface area contributed by atoms with E-state index in [4.69, 9.17) is 10.5 Å². The number of aromatic nitrogens is 2. The highest BCUT2D eigenvalue weighted by molar-refractivity contribution is 7.91. The van der Waals surface area contributed by atoms with Crippen molar-refractivity contribution >= 4 is 27.3 Å². The molecule has 0 aliphatic rings. The second-order valence-electron chi connectivity index (χ2n) is 6.43. The van der Waals surface area contributed by atoms with Gasteiger partial charge in [-0.1, -0.05) is 26.0 Å². The maximum Gasteiger partial charge on any atom is 0.504 e. The normalized spacial score (nSPS) is 12.5. The first kappa shape index (κ1) is 26.4. The Hall–Kier alpha value is -2.90. The molecule has 1 aromatic carbocycles. The number of ether oxygens (including phenoxy) is 1. The number of hydrogen-bond donors (Lipinski definition) is 2. The first-order valence-electron chi connectivity index (χ1n) is 9.74. The molecular formula is C20H23F3N4O4S2. The van der Waals surface area contributed by atoms with Crippen molar-refractivity contribution < 1.29 is 31.1 Å². The van der Waals surface area contributed by atoms with Crippen LogP contribution < -0.4 is 15.2 Å². The van der Waals surface area contributed by atoms with Gasteiger partial charge in [0.2, 0.25) is 10.0 Å². The van der Waals surface area contributed by atoms with Crippen LogP contribution in [0.4, 0.5) is 13.2 Å². The van der Waals surface area contributed by atoms with E-state index in [2.05, 4.69) is 9.82 Å². The van der Waals surface area contributed by atoms with E-state index in [9.17, 15) is 26.4 Å². The van der Waals surface area contributed by atoms with Gasteiger partial charge in [-0.05, 0) is 37.3 Å². The van der Waals surface area contributed by atoms with Crippen LogP contribution in [0.15, 0.2) is 52.9 Å². The summed E-state index contributed by atoms with van der Waals surface area (Å²) in [6.45, 7) is 5.47. The molecule has 0 radical (unpaired) electrons. The molecule has 1 amide bonds. The van der Waals surface area contributed by atoms with Gasteiger partial charge >= 0.3 is 6.30 Å². The Labute approximate surface area is 193 Å². The summed E-state index contributed by atoms with van der Waals surface area (Å²) in [5.74, 6) is -0.456. The van der Waals surface area contributed by atoms with E-state index in [1.165, 1.54) is 24.3 Å². The van der Waals surface area contributed by atoms with E-state index in [1.54, 1.807) is 19.1 Å². The Morgan fingerprint density at radius 3 is 2.48 bits per heavy atom. The average molecular weight is 505 g/mol. The van der Waals surface area contributed by atoms with Crippen LogP contribution in [-0.4, -0.2) is 36.8 Å². The van der Waals surface area contributed by atoms with Crippen LogP contribution in [0.3, 0.4) is 0 Å². The number of nitrogens with two attached hydrogens (primary N) is 1. The van der Waals surface area contributed by atoms with E-state index in [-0.39, 0.29) is 37.4 Å². The van der Waals surface area contributed by atoms with E-state index >= 15 is 0 Å². The van der Waals surface area contributed by atoms with Gasteiger partial charge in [0.1, 0.15) is 22.3 Å². The molecule has 3 aromatic rings. The van der Waals surface area contributed by atoms with Gasteiger partial charge in [-0.15, -0.1) is 24.5 Å². The minimum Gasteiger partial charge on any atom is -0.491 e. The van der Waals surface area contributed by atoms with E-state index in [0.717, 1.165) is 23.6 Å². The number of halogens is 3. The number of carbonyl (C=O) groups excluding carboxylic acids is 1. The topological polar surface area (TPSA) is 116 Å². The molecule has 3 rings (SSSR count). The molecule has 13 heteroatoms. The number of rotatable bonds is 8. The number of benzene rings is 1. The molecule has 0 fully saturated rings. The molecule has 0 bridgehead atoms. The third-order valence-electron chi connectivity index (χ3n) is 3.95. The average Bonchev–Trinajstić information content (AvgIpc) is 3.43. The fourth-order valence-electron chi connectivity index (χ4n) is 2.57. The Balaban J connectivity index is 0.00000187. The van der Waals surface area contributed by atoms with Gasteiger partial charge < -0.3 is 10.5 Å². The van der Waals surface area contributed by atoms with Crippen LogP contribution in [0, 0.1) is 0 Å². The van der Waals surface area contributed by atoms with Crippen molar-refractivity contribution in [3.8, 4) is 16.3 Å². The number of nitrogens with zero attached hydrogens (tertiary/aromatic N) is 2. The van der Waals surface area contributed by atoms with Gasteiger partial charge in [-0.3, -0.25) is 4.79 Å². The zero-order chi connectivity index (χ0) is 24.8. The summed E-state index contributed by atoms with van der Waals surface area (Å²) in [6.07, 6.45) is -3.90. The van der Waals surface area contributed by atoms with Crippen molar-refractivity contribution in [2.45, 2.75) is 37.3 Å². The molecule has 0 saturated carbocycles. The van der Waals surface area contributed by atoms with E-state index in [0.29, 0.717) is 0 Å². The first-order chi connectivity index (χ1) is 15.5. The summed E-state index contributed by atoms with van der Waals surface area (Å²) >= 11 is 0.784. The minimum atomic E-state index is -4.66. The molecule has 3 N–H and O–H groups in total. The Kier molecular flexibility index (Phi) is 8.63. The van der Waals surface area contributed by atoms with Crippen LogP contribution in [0.25, 0.3) is 10.6 Å². The third-order valence-corrected chi connectivity index (χ3v) is 7.13. The van der Waals surface area contributed by atoms with Crippen molar-refractivity contribution in [3.63, 3.8) is 0 Å².